The molecule has 5 heteroatoms. The molecule has 2 atom stereocenters. The Hall–Kier alpha value is -0.160. The Kier molecular flexibility index (Phi) is 3.06. The van der Waals surface area contributed by atoms with Crippen molar-refractivity contribution in [3.8, 4) is 0 Å². The van der Waals surface area contributed by atoms with Crippen molar-refractivity contribution in [2.24, 2.45) is 11.7 Å². The van der Waals surface area contributed by atoms with Crippen molar-refractivity contribution in [3.63, 3.8) is 0 Å². The highest BCUT2D eigenvalue weighted by Crippen LogP contribution is 2.24. The quantitative estimate of drug-likeness (QED) is 0.663. The van der Waals surface area contributed by atoms with E-state index in [-0.39, 0.29) is 12.0 Å². The van der Waals surface area contributed by atoms with Crippen LogP contribution in [0.1, 0.15) is 25.7 Å². The monoisotopic (exact) mass is 195 g/mol. The molecule has 0 aromatic carbocycles. The van der Waals surface area contributed by atoms with Gasteiger partial charge in [0.2, 0.25) is 0 Å². The Morgan fingerprint density at radius 2 is 1.92 bits per heavy atom. The van der Waals surface area contributed by atoms with Gasteiger partial charge in [-0.1, -0.05) is 12.8 Å². The highest BCUT2D eigenvalue weighted by molar-refractivity contribution is 7.86. The minimum atomic E-state index is -4.34. The van der Waals surface area contributed by atoms with Crippen molar-refractivity contribution < 1.29 is 12.3 Å². The zero-order chi connectivity index (χ0) is 9.19. The second kappa shape index (κ2) is 3.70. The molecule has 1 fully saturated rings. The van der Waals surface area contributed by atoms with E-state index < -0.39 is 16.0 Å². The lowest BCUT2D eigenvalue weighted by atomic mass is 9.86. The molecule has 0 bridgehead atoms. The predicted octanol–water partition coefficient (Wildman–Crippen LogP) is 0.803. The van der Waals surface area contributed by atoms with Crippen LogP contribution in [0.5, 0.6) is 0 Å². The average molecular weight is 195 g/mol. The third-order valence-electron chi connectivity index (χ3n) is 2.38. The molecule has 2 N–H and O–H groups in total. The fourth-order valence-electron chi connectivity index (χ4n) is 1.70. The van der Waals surface area contributed by atoms with E-state index in [9.17, 15) is 12.3 Å². The van der Waals surface area contributed by atoms with Crippen LogP contribution in [0.4, 0.5) is 3.89 Å². The molecule has 1 rings (SSSR count). The van der Waals surface area contributed by atoms with Gasteiger partial charge in [-0.15, -0.1) is 3.89 Å². The van der Waals surface area contributed by atoms with E-state index >= 15 is 0 Å². The van der Waals surface area contributed by atoms with Crippen molar-refractivity contribution in [2.45, 2.75) is 31.7 Å². The number of hydrogen-bond donors (Lipinski definition) is 1. The molecule has 12 heavy (non-hydrogen) atoms. The van der Waals surface area contributed by atoms with Gasteiger partial charge in [0, 0.05) is 6.04 Å². The summed E-state index contributed by atoms with van der Waals surface area (Å²) in [6.45, 7) is 0. The molecule has 1 saturated carbocycles. The number of rotatable bonds is 2. The molecule has 1 aliphatic carbocycles. The van der Waals surface area contributed by atoms with Gasteiger partial charge in [0.25, 0.3) is 0 Å². The van der Waals surface area contributed by atoms with Crippen LogP contribution in [-0.4, -0.2) is 20.2 Å². The Labute approximate surface area is 72.3 Å². The first-order valence-corrected chi connectivity index (χ1v) is 5.72. The Balaban J connectivity index is 2.50. The number of halogens is 1. The summed E-state index contributed by atoms with van der Waals surface area (Å²) in [5, 5.41) is 0. The topological polar surface area (TPSA) is 60.2 Å². The largest absolute Gasteiger partial charge is 0.327 e. The molecule has 0 spiro atoms. The molecule has 0 aliphatic heterocycles. The standard InChI is InChI=1S/C7H14FNO2S/c8-12(10,11)5-6-3-1-2-4-7(6)9/h6-7H,1-5,9H2. The zero-order valence-corrected chi connectivity index (χ0v) is 7.69. The molecule has 0 radical (unpaired) electrons. The molecule has 0 aromatic heterocycles. The van der Waals surface area contributed by atoms with Gasteiger partial charge in [-0.2, -0.15) is 8.42 Å². The fraction of sp³-hybridized carbons (Fsp3) is 1.00. The summed E-state index contributed by atoms with van der Waals surface area (Å²) in [5.41, 5.74) is 5.66. The van der Waals surface area contributed by atoms with Gasteiger partial charge in [-0.05, 0) is 18.8 Å². The third-order valence-corrected chi connectivity index (χ3v) is 3.21. The second-order valence-electron chi connectivity index (χ2n) is 3.41. The van der Waals surface area contributed by atoms with E-state index in [0.717, 1.165) is 25.7 Å². The molecular weight excluding hydrogens is 181 g/mol. The van der Waals surface area contributed by atoms with Gasteiger partial charge in [0.1, 0.15) is 0 Å². The van der Waals surface area contributed by atoms with Gasteiger partial charge >= 0.3 is 10.2 Å². The third kappa shape index (κ3) is 3.06. The normalized spacial score (nSPS) is 31.8. The van der Waals surface area contributed by atoms with Crippen molar-refractivity contribution in [1.29, 1.82) is 0 Å². The lowest BCUT2D eigenvalue weighted by Crippen LogP contribution is -2.36. The van der Waals surface area contributed by atoms with Crippen molar-refractivity contribution in [2.75, 3.05) is 5.75 Å². The van der Waals surface area contributed by atoms with Crippen LogP contribution in [0.2, 0.25) is 0 Å². The van der Waals surface area contributed by atoms with Crippen LogP contribution >= 0.6 is 0 Å². The van der Waals surface area contributed by atoms with Gasteiger partial charge in [0.05, 0.1) is 5.75 Å². The first kappa shape index (κ1) is 9.92. The number of nitrogens with two attached hydrogens (primary N) is 1. The van der Waals surface area contributed by atoms with E-state index in [2.05, 4.69) is 0 Å². The highest BCUT2D eigenvalue weighted by atomic mass is 32.3. The smallest absolute Gasteiger partial charge is 0.302 e. The van der Waals surface area contributed by atoms with Crippen LogP contribution in [0.25, 0.3) is 0 Å². The average Bonchev–Trinajstić information content (AvgIpc) is 1.91. The van der Waals surface area contributed by atoms with Crippen molar-refractivity contribution in [3.05, 3.63) is 0 Å². The maximum atomic E-state index is 12.3. The Morgan fingerprint density at radius 3 is 2.42 bits per heavy atom. The van der Waals surface area contributed by atoms with E-state index in [1.54, 1.807) is 0 Å². The first-order valence-electron chi connectivity index (χ1n) is 4.17. The number of hydrogen-bond acceptors (Lipinski definition) is 3. The molecule has 2 unspecified atom stereocenters. The summed E-state index contributed by atoms with van der Waals surface area (Å²) in [6, 6.07) is -0.135. The van der Waals surface area contributed by atoms with Crippen LogP contribution in [0.3, 0.4) is 0 Å². The molecule has 3 nitrogen and oxygen atoms in total. The minimum absolute atomic E-state index is 0.135. The summed E-state index contributed by atoms with van der Waals surface area (Å²) in [6.07, 6.45) is 3.56. The molecular formula is C7H14FNO2S. The molecule has 1 aliphatic rings. The summed E-state index contributed by atoms with van der Waals surface area (Å²) in [5.74, 6) is -0.567. The lowest BCUT2D eigenvalue weighted by molar-refractivity contribution is 0.329. The Morgan fingerprint density at radius 1 is 1.33 bits per heavy atom. The molecule has 0 heterocycles. The van der Waals surface area contributed by atoms with E-state index in [1.165, 1.54) is 0 Å². The van der Waals surface area contributed by atoms with E-state index in [0.29, 0.717) is 0 Å². The van der Waals surface area contributed by atoms with E-state index in [1.807, 2.05) is 0 Å². The molecule has 0 aromatic rings. The summed E-state index contributed by atoms with van der Waals surface area (Å²) in [7, 11) is -4.34. The van der Waals surface area contributed by atoms with Crippen molar-refractivity contribution in [1.82, 2.24) is 0 Å². The van der Waals surface area contributed by atoms with Crippen LogP contribution in [0.15, 0.2) is 0 Å². The maximum absolute atomic E-state index is 12.3. The lowest BCUT2D eigenvalue weighted by Gasteiger charge is -2.26. The zero-order valence-electron chi connectivity index (χ0n) is 6.87. The molecule has 0 saturated heterocycles. The first-order chi connectivity index (χ1) is 5.49. The second-order valence-corrected chi connectivity index (χ2v) is 4.82. The minimum Gasteiger partial charge on any atom is -0.327 e. The maximum Gasteiger partial charge on any atom is 0.302 e. The molecule has 72 valence electrons. The van der Waals surface area contributed by atoms with Gasteiger partial charge in [-0.3, -0.25) is 0 Å². The summed E-state index contributed by atoms with van der Waals surface area (Å²) >= 11 is 0. The van der Waals surface area contributed by atoms with Gasteiger partial charge in [0.15, 0.2) is 0 Å². The van der Waals surface area contributed by atoms with Gasteiger partial charge < -0.3 is 5.73 Å². The summed E-state index contributed by atoms with van der Waals surface area (Å²) in [4.78, 5) is 0. The van der Waals surface area contributed by atoms with Crippen LogP contribution < -0.4 is 5.73 Å². The Bertz CT molecular complexity index is 240. The highest BCUT2D eigenvalue weighted by Gasteiger charge is 2.26. The van der Waals surface area contributed by atoms with Crippen LogP contribution in [-0.2, 0) is 10.2 Å². The van der Waals surface area contributed by atoms with E-state index in [4.69, 9.17) is 5.73 Å². The molecule has 0 amide bonds. The van der Waals surface area contributed by atoms with Gasteiger partial charge in [-0.25, -0.2) is 0 Å². The fourth-order valence-corrected chi connectivity index (χ4v) is 2.62. The summed E-state index contributed by atoms with van der Waals surface area (Å²) < 4.78 is 32.9. The van der Waals surface area contributed by atoms with Crippen molar-refractivity contribution >= 4 is 10.2 Å². The van der Waals surface area contributed by atoms with Crippen LogP contribution in [0, 0.1) is 5.92 Å². The predicted molar refractivity (Wildman–Crippen MR) is 44.8 cm³/mol. The SMILES string of the molecule is NC1CCCCC1CS(=O)(=O)F.